The molecule has 0 fully saturated rings. The first-order chi connectivity index (χ1) is 20.1. The quantitative estimate of drug-likeness (QED) is 0.206. The molecule has 7 rings (SSSR count). The minimum absolute atomic E-state index is 0.104. The number of halogens is 2. The molecule has 0 N–H and O–H groups in total. The highest BCUT2D eigenvalue weighted by molar-refractivity contribution is 7.00. The lowest BCUT2D eigenvalue weighted by atomic mass is 9.92. The SMILES string of the molecule is N#Cc1ccc(-c2ccc3c(c2)nc(-c2ccccc2)c2cc(-c4c(F)cc(C#N)cc4F)c4nsnc4c23)cc1. The number of aromatic nitrogens is 3. The Bertz CT molecular complexity index is 2220. The van der Waals surface area contributed by atoms with Crippen LogP contribution in [-0.2, 0) is 0 Å². The number of hydrogen-bond donors (Lipinski definition) is 0. The van der Waals surface area contributed by atoms with E-state index in [-0.39, 0.29) is 16.7 Å². The molecule has 8 heteroatoms. The third kappa shape index (κ3) is 3.98. The molecule has 0 aliphatic carbocycles. The van der Waals surface area contributed by atoms with Crippen molar-refractivity contribution < 1.29 is 8.78 Å². The van der Waals surface area contributed by atoms with Crippen LogP contribution in [0.1, 0.15) is 11.1 Å². The predicted molar refractivity (Wildman–Crippen MR) is 156 cm³/mol. The van der Waals surface area contributed by atoms with Gasteiger partial charge in [0, 0.05) is 27.3 Å². The number of nitriles is 2. The van der Waals surface area contributed by atoms with Gasteiger partial charge >= 0.3 is 0 Å². The maximum absolute atomic E-state index is 15.3. The zero-order valence-corrected chi connectivity index (χ0v) is 21.9. The average molecular weight is 552 g/mol. The van der Waals surface area contributed by atoms with Crippen molar-refractivity contribution in [3.05, 3.63) is 114 Å². The second-order valence-electron chi connectivity index (χ2n) is 9.48. The number of pyridine rings is 1. The molecule has 41 heavy (non-hydrogen) atoms. The van der Waals surface area contributed by atoms with Gasteiger partial charge < -0.3 is 0 Å². The van der Waals surface area contributed by atoms with E-state index in [4.69, 9.17) is 4.98 Å². The van der Waals surface area contributed by atoms with Crippen LogP contribution in [0, 0.1) is 34.3 Å². The zero-order valence-electron chi connectivity index (χ0n) is 21.1. The van der Waals surface area contributed by atoms with E-state index in [1.165, 1.54) is 0 Å². The van der Waals surface area contributed by atoms with E-state index in [2.05, 4.69) is 14.8 Å². The van der Waals surface area contributed by atoms with E-state index in [1.807, 2.05) is 60.7 Å². The Balaban J connectivity index is 1.58. The molecule has 0 aliphatic heterocycles. The van der Waals surface area contributed by atoms with Gasteiger partial charge in [0.2, 0.25) is 0 Å². The van der Waals surface area contributed by atoms with Gasteiger partial charge in [-0.1, -0.05) is 54.6 Å². The van der Waals surface area contributed by atoms with Crippen LogP contribution >= 0.6 is 11.7 Å². The van der Waals surface area contributed by atoms with Gasteiger partial charge in [0.25, 0.3) is 0 Å². The van der Waals surface area contributed by atoms with Crippen molar-refractivity contribution in [3.8, 4) is 45.6 Å². The van der Waals surface area contributed by atoms with Crippen molar-refractivity contribution in [2.45, 2.75) is 0 Å². The smallest absolute Gasteiger partial charge is 0.135 e. The minimum Gasteiger partial charge on any atom is -0.247 e. The fourth-order valence-corrected chi connectivity index (χ4v) is 5.80. The molecule has 0 aliphatic rings. The first-order valence-electron chi connectivity index (χ1n) is 12.5. The van der Waals surface area contributed by atoms with Crippen molar-refractivity contribution >= 4 is 44.4 Å². The highest BCUT2D eigenvalue weighted by Gasteiger charge is 2.23. The summed E-state index contributed by atoms with van der Waals surface area (Å²) in [5, 5.41) is 20.6. The molecule has 7 aromatic rings. The van der Waals surface area contributed by atoms with Gasteiger partial charge in [-0.05, 0) is 47.5 Å². The number of hydrogen-bond acceptors (Lipinski definition) is 6. The molecule has 0 unspecified atom stereocenters. The van der Waals surface area contributed by atoms with Gasteiger partial charge in [0.05, 0.1) is 51.8 Å². The highest BCUT2D eigenvalue weighted by atomic mass is 32.1. The highest BCUT2D eigenvalue weighted by Crippen LogP contribution is 2.42. The first kappa shape index (κ1) is 24.5. The van der Waals surface area contributed by atoms with E-state index in [1.54, 1.807) is 24.3 Å². The summed E-state index contributed by atoms with van der Waals surface area (Å²) in [5.41, 5.74) is 5.39. The molecule has 0 saturated carbocycles. The molecule has 0 amide bonds. The van der Waals surface area contributed by atoms with Gasteiger partial charge in [-0.3, -0.25) is 0 Å². The summed E-state index contributed by atoms with van der Waals surface area (Å²) in [4.78, 5) is 5.06. The van der Waals surface area contributed by atoms with Crippen LogP contribution in [0.5, 0.6) is 0 Å². The zero-order chi connectivity index (χ0) is 28.1. The van der Waals surface area contributed by atoms with Crippen LogP contribution < -0.4 is 0 Å². The Kier molecular flexibility index (Phi) is 5.71. The summed E-state index contributed by atoms with van der Waals surface area (Å²) in [5.74, 6) is -1.70. The Hall–Kier alpha value is -5.57. The maximum atomic E-state index is 15.3. The van der Waals surface area contributed by atoms with Crippen molar-refractivity contribution in [2.24, 2.45) is 0 Å². The molecule has 5 nitrogen and oxygen atoms in total. The lowest BCUT2D eigenvalue weighted by molar-refractivity contribution is 0.589. The summed E-state index contributed by atoms with van der Waals surface area (Å²) >= 11 is 0.966. The normalized spacial score (nSPS) is 11.1. The molecular formula is C33H15F2N5S. The second kappa shape index (κ2) is 9.56. The lowest BCUT2D eigenvalue weighted by Gasteiger charge is -2.14. The van der Waals surface area contributed by atoms with E-state index >= 15 is 8.78 Å². The van der Waals surface area contributed by atoms with Crippen molar-refractivity contribution in [1.29, 1.82) is 10.5 Å². The van der Waals surface area contributed by atoms with E-state index < -0.39 is 11.6 Å². The van der Waals surface area contributed by atoms with Crippen LogP contribution in [0.15, 0.2) is 91.0 Å². The standard InChI is InChI=1S/C33H15F2N5S/c34-26-12-19(17-37)13-27(35)30(26)25-15-24-29(33-32(25)39-41-40-33)23-11-10-22(20-8-6-18(16-36)7-9-20)14-28(23)38-31(24)21-4-2-1-3-5-21/h1-15H. The number of rotatable bonds is 3. The number of benzene rings is 5. The van der Waals surface area contributed by atoms with Gasteiger partial charge in [0.15, 0.2) is 0 Å². The summed E-state index contributed by atoms with van der Waals surface area (Å²) in [6, 6.07) is 30.6. The van der Waals surface area contributed by atoms with Crippen LogP contribution in [0.25, 0.3) is 66.2 Å². The van der Waals surface area contributed by atoms with Gasteiger partial charge in [0.1, 0.15) is 22.7 Å². The maximum Gasteiger partial charge on any atom is 0.135 e. The Labute approximate surface area is 236 Å². The Morgan fingerprint density at radius 1 is 0.634 bits per heavy atom. The number of fused-ring (bicyclic) bond motifs is 5. The minimum atomic E-state index is -0.850. The Morgan fingerprint density at radius 2 is 1.32 bits per heavy atom. The van der Waals surface area contributed by atoms with Crippen LogP contribution in [0.4, 0.5) is 8.78 Å². The summed E-state index contributed by atoms with van der Waals surface area (Å²) in [6.07, 6.45) is 0. The molecule has 5 aromatic carbocycles. The van der Waals surface area contributed by atoms with E-state index in [9.17, 15) is 10.5 Å². The summed E-state index contributed by atoms with van der Waals surface area (Å²) in [6.45, 7) is 0. The summed E-state index contributed by atoms with van der Waals surface area (Å²) in [7, 11) is 0. The van der Waals surface area contributed by atoms with E-state index in [0.29, 0.717) is 27.7 Å². The summed E-state index contributed by atoms with van der Waals surface area (Å²) < 4.78 is 39.6. The van der Waals surface area contributed by atoms with Crippen molar-refractivity contribution in [3.63, 3.8) is 0 Å². The molecule has 0 spiro atoms. The van der Waals surface area contributed by atoms with Crippen LogP contribution in [0.2, 0.25) is 0 Å². The monoisotopic (exact) mass is 551 g/mol. The first-order valence-corrected chi connectivity index (χ1v) is 13.3. The molecule has 0 atom stereocenters. The van der Waals surface area contributed by atoms with Crippen molar-refractivity contribution in [1.82, 2.24) is 13.7 Å². The predicted octanol–water partition coefficient (Wildman–Crippen LogP) is 8.42. The third-order valence-corrected chi connectivity index (χ3v) is 7.66. The average Bonchev–Trinajstić information content (AvgIpc) is 3.51. The molecule has 0 saturated heterocycles. The van der Waals surface area contributed by atoms with Crippen LogP contribution in [0.3, 0.4) is 0 Å². The molecule has 0 bridgehead atoms. The Morgan fingerprint density at radius 3 is 2.02 bits per heavy atom. The van der Waals surface area contributed by atoms with E-state index in [0.717, 1.165) is 56.8 Å². The second-order valence-corrected chi connectivity index (χ2v) is 10.0. The number of nitrogens with zero attached hydrogens (tertiary/aromatic N) is 5. The fourth-order valence-electron chi connectivity index (χ4n) is 5.24. The topological polar surface area (TPSA) is 86.2 Å². The molecule has 2 aromatic heterocycles. The molecular weight excluding hydrogens is 536 g/mol. The van der Waals surface area contributed by atoms with Gasteiger partial charge in [-0.25, -0.2) is 13.8 Å². The molecule has 192 valence electrons. The largest absolute Gasteiger partial charge is 0.247 e. The van der Waals surface area contributed by atoms with Gasteiger partial charge in [-0.2, -0.15) is 19.3 Å². The van der Waals surface area contributed by atoms with Crippen molar-refractivity contribution in [2.75, 3.05) is 0 Å². The molecule has 0 radical (unpaired) electrons. The van der Waals surface area contributed by atoms with Gasteiger partial charge in [-0.15, -0.1) is 0 Å². The van der Waals surface area contributed by atoms with Crippen LogP contribution in [-0.4, -0.2) is 13.7 Å². The lowest BCUT2D eigenvalue weighted by Crippen LogP contribution is -1.96. The molecule has 2 heterocycles. The fraction of sp³-hybridized carbons (Fsp3) is 0. The third-order valence-electron chi connectivity index (χ3n) is 7.13.